The number of likely N-dealkylation sites (tertiary alicyclic amines) is 1. The quantitative estimate of drug-likeness (QED) is 0.765. The van der Waals surface area contributed by atoms with E-state index in [4.69, 9.17) is 9.47 Å². The van der Waals surface area contributed by atoms with Crippen molar-refractivity contribution < 1.29 is 14.3 Å². The predicted molar refractivity (Wildman–Crippen MR) is 106 cm³/mol. The zero-order chi connectivity index (χ0) is 19.3. The second kappa shape index (κ2) is 8.46. The van der Waals surface area contributed by atoms with Crippen molar-refractivity contribution in [3.05, 3.63) is 42.2 Å². The molecule has 1 aromatic carbocycles. The fourth-order valence-corrected chi connectivity index (χ4v) is 3.51. The summed E-state index contributed by atoms with van der Waals surface area (Å²) in [6.45, 7) is 5.82. The predicted octanol–water partition coefficient (Wildman–Crippen LogP) is 2.77. The van der Waals surface area contributed by atoms with Crippen molar-refractivity contribution in [2.45, 2.75) is 32.3 Å². The van der Waals surface area contributed by atoms with Gasteiger partial charge in [-0.25, -0.2) is 9.97 Å². The number of anilines is 1. The van der Waals surface area contributed by atoms with Crippen molar-refractivity contribution in [3.8, 4) is 11.5 Å². The van der Waals surface area contributed by atoms with E-state index in [9.17, 15) is 4.79 Å². The molecule has 4 rings (SSSR count). The molecule has 3 heterocycles. The Bertz CT molecular complexity index is 808. The zero-order valence-corrected chi connectivity index (χ0v) is 16.2. The Balaban J connectivity index is 1.40. The Labute approximate surface area is 165 Å². The Morgan fingerprint density at radius 2 is 1.86 bits per heavy atom. The third kappa shape index (κ3) is 4.03. The number of para-hydroxylation sites is 2. The molecule has 28 heavy (non-hydrogen) atoms. The molecule has 0 spiro atoms. The molecule has 7 nitrogen and oxygen atoms in total. The number of aromatic nitrogens is 2. The molecular weight excluding hydrogens is 356 g/mol. The Kier molecular flexibility index (Phi) is 5.60. The number of amides is 1. The van der Waals surface area contributed by atoms with Crippen LogP contribution in [0.1, 0.15) is 36.5 Å². The fourth-order valence-electron chi connectivity index (χ4n) is 3.51. The van der Waals surface area contributed by atoms with Gasteiger partial charge >= 0.3 is 0 Å². The molecule has 2 saturated heterocycles. The summed E-state index contributed by atoms with van der Waals surface area (Å²) >= 11 is 0. The molecule has 1 amide bonds. The highest BCUT2D eigenvalue weighted by atomic mass is 16.5. The third-order valence-corrected chi connectivity index (χ3v) is 5.13. The van der Waals surface area contributed by atoms with Gasteiger partial charge in [0.1, 0.15) is 6.10 Å². The molecule has 1 atom stereocenters. The molecule has 2 aromatic rings. The van der Waals surface area contributed by atoms with Gasteiger partial charge in [0.15, 0.2) is 11.5 Å². The lowest BCUT2D eigenvalue weighted by Gasteiger charge is -2.33. The van der Waals surface area contributed by atoms with Crippen molar-refractivity contribution in [2.24, 2.45) is 0 Å². The molecule has 2 fully saturated rings. The first-order chi connectivity index (χ1) is 13.7. The number of piperidine rings is 1. The lowest BCUT2D eigenvalue weighted by atomic mass is 10.1. The maximum absolute atomic E-state index is 12.3. The Hall–Kier alpha value is -2.83. The van der Waals surface area contributed by atoms with Gasteiger partial charge in [0, 0.05) is 32.0 Å². The molecule has 148 valence electrons. The summed E-state index contributed by atoms with van der Waals surface area (Å²) in [6.07, 6.45) is 6.37. The standard InChI is InChI=1S/C21H26N4O3/c1-2-27-18-8-3-4-9-19(18)28-17-7-5-10-25(15-17)21-22-13-16(14-23-21)20(26)24-11-6-12-24/h3-4,8-9,13-14,17H,2,5-7,10-12,15H2,1H3/t17-/m1/s1. The van der Waals surface area contributed by atoms with E-state index >= 15 is 0 Å². The van der Waals surface area contributed by atoms with E-state index in [-0.39, 0.29) is 12.0 Å². The van der Waals surface area contributed by atoms with E-state index in [1.807, 2.05) is 36.1 Å². The SMILES string of the molecule is CCOc1ccccc1O[C@@H]1CCCN(c2ncc(C(=O)N3CCC3)cn2)C1. The van der Waals surface area contributed by atoms with Gasteiger partial charge in [0.05, 0.1) is 18.7 Å². The minimum Gasteiger partial charge on any atom is -0.490 e. The van der Waals surface area contributed by atoms with Crippen molar-refractivity contribution in [1.82, 2.24) is 14.9 Å². The second-order valence-electron chi connectivity index (χ2n) is 7.13. The van der Waals surface area contributed by atoms with Gasteiger partial charge < -0.3 is 19.3 Å². The normalized spacial score (nSPS) is 19.1. The van der Waals surface area contributed by atoms with Crippen LogP contribution < -0.4 is 14.4 Å². The Morgan fingerprint density at radius 1 is 1.11 bits per heavy atom. The van der Waals surface area contributed by atoms with E-state index in [1.165, 1.54) is 0 Å². The number of carbonyl (C=O) groups is 1. The highest BCUT2D eigenvalue weighted by Crippen LogP contribution is 2.29. The lowest BCUT2D eigenvalue weighted by Crippen LogP contribution is -2.43. The molecule has 7 heteroatoms. The summed E-state index contributed by atoms with van der Waals surface area (Å²) < 4.78 is 11.9. The van der Waals surface area contributed by atoms with Crippen molar-refractivity contribution >= 4 is 11.9 Å². The summed E-state index contributed by atoms with van der Waals surface area (Å²) in [5, 5.41) is 0. The van der Waals surface area contributed by atoms with Crippen LogP contribution in [0.25, 0.3) is 0 Å². The van der Waals surface area contributed by atoms with E-state index in [0.717, 1.165) is 50.4 Å². The number of hydrogen-bond acceptors (Lipinski definition) is 6. The van der Waals surface area contributed by atoms with Crippen molar-refractivity contribution in [1.29, 1.82) is 0 Å². The molecule has 0 unspecified atom stereocenters. The first-order valence-corrected chi connectivity index (χ1v) is 9.99. The monoisotopic (exact) mass is 382 g/mol. The van der Waals surface area contributed by atoms with E-state index in [2.05, 4.69) is 14.9 Å². The zero-order valence-electron chi connectivity index (χ0n) is 16.2. The third-order valence-electron chi connectivity index (χ3n) is 5.13. The molecule has 1 aromatic heterocycles. The van der Waals surface area contributed by atoms with Crippen LogP contribution in [0, 0.1) is 0 Å². The minimum atomic E-state index is 0.0187. The summed E-state index contributed by atoms with van der Waals surface area (Å²) in [5.41, 5.74) is 0.555. The summed E-state index contributed by atoms with van der Waals surface area (Å²) in [5.74, 6) is 2.21. The number of ether oxygens (including phenoxy) is 2. The molecular formula is C21H26N4O3. The van der Waals surface area contributed by atoms with Crippen molar-refractivity contribution in [2.75, 3.05) is 37.7 Å². The number of rotatable bonds is 6. The van der Waals surface area contributed by atoms with Crippen LogP contribution in [-0.2, 0) is 0 Å². The van der Waals surface area contributed by atoms with E-state index in [1.54, 1.807) is 12.4 Å². The van der Waals surface area contributed by atoms with Gasteiger partial charge in [-0.2, -0.15) is 0 Å². The van der Waals surface area contributed by atoms with E-state index in [0.29, 0.717) is 24.7 Å². The maximum atomic E-state index is 12.3. The van der Waals surface area contributed by atoms with Crippen LogP contribution in [0.4, 0.5) is 5.95 Å². The van der Waals surface area contributed by atoms with E-state index < -0.39 is 0 Å². The summed E-state index contributed by atoms with van der Waals surface area (Å²) in [7, 11) is 0. The smallest absolute Gasteiger partial charge is 0.256 e. The van der Waals surface area contributed by atoms with Crippen molar-refractivity contribution in [3.63, 3.8) is 0 Å². The van der Waals surface area contributed by atoms with Gasteiger partial charge in [0.25, 0.3) is 5.91 Å². The average Bonchev–Trinajstić information content (AvgIpc) is 2.69. The Morgan fingerprint density at radius 3 is 2.54 bits per heavy atom. The summed E-state index contributed by atoms with van der Waals surface area (Å²) in [4.78, 5) is 25.1. The first-order valence-electron chi connectivity index (χ1n) is 9.99. The van der Waals surface area contributed by atoms with Gasteiger partial charge in [-0.1, -0.05) is 12.1 Å². The topological polar surface area (TPSA) is 67.8 Å². The molecule has 0 radical (unpaired) electrons. The molecule has 2 aliphatic heterocycles. The second-order valence-corrected chi connectivity index (χ2v) is 7.13. The van der Waals surface area contributed by atoms with Crippen LogP contribution in [0.3, 0.4) is 0 Å². The fraction of sp³-hybridized carbons (Fsp3) is 0.476. The lowest BCUT2D eigenvalue weighted by molar-refractivity contribution is 0.0651. The molecule has 0 N–H and O–H groups in total. The average molecular weight is 382 g/mol. The summed E-state index contributed by atoms with van der Waals surface area (Å²) in [6, 6.07) is 7.77. The molecule has 0 aliphatic carbocycles. The molecule has 0 saturated carbocycles. The van der Waals surface area contributed by atoms with Crippen LogP contribution in [0.5, 0.6) is 11.5 Å². The highest BCUT2D eigenvalue weighted by molar-refractivity contribution is 5.94. The van der Waals surface area contributed by atoms with Crippen LogP contribution in [-0.4, -0.2) is 59.7 Å². The highest BCUT2D eigenvalue weighted by Gasteiger charge is 2.25. The van der Waals surface area contributed by atoms with Gasteiger partial charge in [-0.15, -0.1) is 0 Å². The van der Waals surface area contributed by atoms with Crippen LogP contribution >= 0.6 is 0 Å². The molecule has 0 bridgehead atoms. The maximum Gasteiger partial charge on any atom is 0.256 e. The molecule has 2 aliphatic rings. The van der Waals surface area contributed by atoms with Gasteiger partial charge in [0.2, 0.25) is 5.95 Å². The minimum absolute atomic E-state index is 0.0187. The van der Waals surface area contributed by atoms with Crippen LogP contribution in [0.15, 0.2) is 36.7 Å². The van der Waals surface area contributed by atoms with Gasteiger partial charge in [-0.05, 0) is 38.3 Å². The number of benzene rings is 1. The van der Waals surface area contributed by atoms with Gasteiger partial charge in [-0.3, -0.25) is 4.79 Å². The number of carbonyl (C=O) groups excluding carboxylic acids is 1. The number of nitrogens with zero attached hydrogens (tertiary/aromatic N) is 4. The van der Waals surface area contributed by atoms with Crippen LogP contribution in [0.2, 0.25) is 0 Å². The first kappa shape index (κ1) is 18.5. The number of hydrogen-bond donors (Lipinski definition) is 0. The largest absolute Gasteiger partial charge is 0.490 e.